The number of hydrogen-bond acceptors (Lipinski definition) is 6. The summed E-state index contributed by atoms with van der Waals surface area (Å²) in [6.07, 6.45) is -10.6. The van der Waals surface area contributed by atoms with Crippen LogP contribution in [0.5, 0.6) is 0 Å². The summed E-state index contributed by atoms with van der Waals surface area (Å²) in [5.41, 5.74) is -4.23. The lowest BCUT2D eigenvalue weighted by molar-refractivity contribution is -0.248. The number of alkyl halides is 5. The molecule has 0 fully saturated rings. The Morgan fingerprint density at radius 3 is 1.59 bits per heavy atom. The Bertz CT molecular complexity index is 848. The van der Waals surface area contributed by atoms with Gasteiger partial charge in [-0.05, 0) is 51.0 Å². The SMILES string of the molecule is CC(C)(O)c1cc(C(=O)OC(C(F)(F)F)C(F)(F)S(=O)(=O)O)cc(C(C)(C)O)c1. The second-order valence-electron chi connectivity index (χ2n) is 7.28. The highest BCUT2D eigenvalue weighted by Crippen LogP contribution is 2.38. The van der Waals surface area contributed by atoms with E-state index in [2.05, 4.69) is 4.74 Å². The monoisotopic (exact) mass is 450 g/mol. The summed E-state index contributed by atoms with van der Waals surface area (Å²) in [7, 11) is -6.59. The molecule has 0 saturated heterocycles. The minimum Gasteiger partial charge on any atom is -0.441 e. The summed E-state index contributed by atoms with van der Waals surface area (Å²) in [6.45, 7) is 4.99. The minimum atomic E-state index is -6.59. The van der Waals surface area contributed by atoms with Crippen molar-refractivity contribution >= 4 is 16.1 Å². The van der Waals surface area contributed by atoms with Gasteiger partial charge in [0, 0.05) is 0 Å². The van der Waals surface area contributed by atoms with Crippen LogP contribution >= 0.6 is 0 Å². The molecule has 0 heterocycles. The van der Waals surface area contributed by atoms with Crippen LogP contribution in [0.3, 0.4) is 0 Å². The molecule has 1 rings (SSSR count). The fraction of sp³-hybridized carbons (Fsp3) is 0.562. The molecule has 0 aliphatic rings. The molecule has 0 radical (unpaired) electrons. The van der Waals surface area contributed by atoms with Crippen molar-refractivity contribution in [3.05, 3.63) is 34.9 Å². The van der Waals surface area contributed by atoms with Gasteiger partial charge in [-0.2, -0.15) is 30.4 Å². The number of halogens is 5. The summed E-state index contributed by atoms with van der Waals surface area (Å²) in [6, 6.07) is 2.89. The van der Waals surface area contributed by atoms with Crippen LogP contribution in [0, 0.1) is 0 Å². The fourth-order valence-electron chi connectivity index (χ4n) is 2.09. The maximum Gasteiger partial charge on any atom is 0.432 e. The van der Waals surface area contributed by atoms with Crippen LogP contribution in [0.4, 0.5) is 22.0 Å². The Morgan fingerprint density at radius 2 is 1.31 bits per heavy atom. The lowest BCUT2D eigenvalue weighted by atomic mass is 9.89. The molecular weight excluding hydrogens is 431 g/mol. The van der Waals surface area contributed by atoms with Gasteiger partial charge in [0.15, 0.2) is 0 Å². The Morgan fingerprint density at radius 1 is 0.931 bits per heavy atom. The summed E-state index contributed by atoms with van der Waals surface area (Å²) in [5.74, 6) is -2.02. The predicted octanol–water partition coefficient (Wildman–Crippen LogP) is 2.71. The molecule has 0 bridgehead atoms. The molecule has 29 heavy (non-hydrogen) atoms. The zero-order valence-electron chi connectivity index (χ0n) is 15.6. The van der Waals surface area contributed by atoms with Gasteiger partial charge in [0.1, 0.15) is 0 Å². The quantitative estimate of drug-likeness (QED) is 0.346. The Labute approximate surface area is 162 Å². The molecule has 7 nitrogen and oxygen atoms in total. The fourth-order valence-corrected chi connectivity index (χ4v) is 2.54. The number of hydrogen-bond donors (Lipinski definition) is 3. The van der Waals surface area contributed by atoms with E-state index in [0.717, 1.165) is 12.1 Å². The van der Waals surface area contributed by atoms with Gasteiger partial charge in [0.25, 0.3) is 6.10 Å². The summed E-state index contributed by atoms with van der Waals surface area (Å²) in [5, 5.41) is 14.3. The van der Waals surface area contributed by atoms with E-state index in [9.17, 15) is 45.4 Å². The lowest BCUT2D eigenvalue weighted by Crippen LogP contribution is -2.52. The van der Waals surface area contributed by atoms with Gasteiger partial charge in [-0.3, -0.25) is 4.55 Å². The molecule has 0 aliphatic heterocycles. The maximum atomic E-state index is 13.6. The highest BCUT2D eigenvalue weighted by atomic mass is 32.2. The molecule has 0 aliphatic carbocycles. The van der Waals surface area contributed by atoms with Crippen molar-refractivity contribution in [1.82, 2.24) is 0 Å². The number of esters is 1. The van der Waals surface area contributed by atoms with Crippen molar-refractivity contribution in [2.75, 3.05) is 0 Å². The average Bonchev–Trinajstić information content (AvgIpc) is 2.47. The Hall–Kier alpha value is -1.83. The molecule has 0 amide bonds. The number of rotatable bonds is 6. The highest BCUT2D eigenvalue weighted by molar-refractivity contribution is 7.86. The molecule has 1 atom stereocenters. The van der Waals surface area contributed by atoms with Crippen LogP contribution in [0.2, 0.25) is 0 Å². The third-order valence-corrected chi connectivity index (χ3v) is 4.65. The third-order valence-electron chi connectivity index (χ3n) is 3.75. The van der Waals surface area contributed by atoms with Crippen molar-refractivity contribution in [3.8, 4) is 0 Å². The number of benzene rings is 1. The molecule has 166 valence electrons. The molecule has 0 spiro atoms. The van der Waals surface area contributed by atoms with Crippen molar-refractivity contribution in [1.29, 1.82) is 0 Å². The second-order valence-corrected chi connectivity index (χ2v) is 8.78. The zero-order valence-corrected chi connectivity index (χ0v) is 16.4. The first-order chi connectivity index (χ1) is 12.6. The normalized spacial score (nSPS) is 15.2. The van der Waals surface area contributed by atoms with Gasteiger partial charge in [0.2, 0.25) is 0 Å². The van der Waals surface area contributed by atoms with Crippen molar-refractivity contribution in [2.45, 2.75) is 56.4 Å². The summed E-state index contributed by atoms with van der Waals surface area (Å²) < 4.78 is 99.5. The molecule has 3 N–H and O–H groups in total. The molecule has 1 aromatic rings. The largest absolute Gasteiger partial charge is 0.441 e. The topological polar surface area (TPSA) is 121 Å². The van der Waals surface area contributed by atoms with E-state index >= 15 is 0 Å². The molecule has 0 aromatic heterocycles. The second kappa shape index (κ2) is 7.45. The van der Waals surface area contributed by atoms with Crippen molar-refractivity contribution in [3.63, 3.8) is 0 Å². The van der Waals surface area contributed by atoms with E-state index in [1.807, 2.05) is 0 Å². The van der Waals surface area contributed by atoms with E-state index < -0.39 is 50.4 Å². The highest BCUT2D eigenvalue weighted by Gasteiger charge is 2.66. The van der Waals surface area contributed by atoms with Crippen LogP contribution < -0.4 is 0 Å². The number of carbonyl (C=O) groups is 1. The summed E-state index contributed by atoms with van der Waals surface area (Å²) >= 11 is 0. The van der Waals surface area contributed by atoms with Gasteiger partial charge in [-0.25, -0.2) is 4.79 Å². The van der Waals surface area contributed by atoms with E-state index in [0.29, 0.717) is 0 Å². The number of ether oxygens (including phenoxy) is 1. The van der Waals surface area contributed by atoms with Crippen molar-refractivity contribution in [2.24, 2.45) is 0 Å². The standard InChI is InChI=1S/C16H19F5O7S/c1-13(2,23)9-5-8(6-10(7-9)14(3,4)24)11(22)28-12(15(17,18)19)16(20,21)29(25,26)27/h5-7,12,23-24H,1-4H3,(H,25,26,27). The smallest absolute Gasteiger partial charge is 0.432 e. The van der Waals surface area contributed by atoms with Crippen molar-refractivity contribution < 1.29 is 54.7 Å². The van der Waals surface area contributed by atoms with E-state index in [4.69, 9.17) is 4.55 Å². The van der Waals surface area contributed by atoms with Gasteiger partial charge in [0.05, 0.1) is 16.8 Å². The Kier molecular flexibility index (Phi) is 6.48. The first-order valence-corrected chi connectivity index (χ1v) is 9.26. The van der Waals surface area contributed by atoms with Gasteiger partial charge >= 0.3 is 27.5 Å². The molecule has 1 aromatic carbocycles. The Balaban J connectivity index is 3.53. The predicted molar refractivity (Wildman–Crippen MR) is 88.7 cm³/mol. The summed E-state index contributed by atoms with van der Waals surface area (Å²) in [4.78, 5) is 12.1. The van der Waals surface area contributed by atoms with Crippen LogP contribution in [0.1, 0.15) is 49.2 Å². The van der Waals surface area contributed by atoms with Gasteiger partial charge in [-0.15, -0.1) is 0 Å². The first kappa shape index (κ1) is 25.2. The number of aliphatic hydroxyl groups is 2. The van der Waals surface area contributed by atoms with Gasteiger partial charge < -0.3 is 14.9 Å². The number of carbonyl (C=O) groups excluding carboxylic acids is 1. The average molecular weight is 450 g/mol. The molecular formula is C16H19F5O7S. The van der Waals surface area contributed by atoms with Gasteiger partial charge in [-0.1, -0.05) is 6.07 Å². The molecule has 1 unspecified atom stereocenters. The zero-order chi connectivity index (χ0) is 23.2. The minimum absolute atomic E-state index is 0.0748. The third kappa shape index (κ3) is 5.84. The molecule has 13 heteroatoms. The van der Waals surface area contributed by atoms with Crippen LogP contribution in [-0.2, 0) is 26.1 Å². The first-order valence-electron chi connectivity index (χ1n) is 7.82. The van der Waals surface area contributed by atoms with Crippen LogP contribution in [0.25, 0.3) is 0 Å². The van der Waals surface area contributed by atoms with E-state index in [1.54, 1.807) is 0 Å². The van der Waals surface area contributed by atoms with Crippen LogP contribution in [0.15, 0.2) is 18.2 Å². The van der Waals surface area contributed by atoms with E-state index in [1.165, 1.54) is 33.8 Å². The maximum absolute atomic E-state index is 13.6. The van der Waals surface area contributed by atoms with Crippen LogP contribution in [-0.4, -0.2) is 46.7 Å². The lowest BCUT2D eigenvalue weighted by Gasteiger charge is -2.27. The van der Waals surface area contributed by atoms with E-state index in [-0.39, 0.29) is 11.1 Å². The molecule has 0 saturated carbocycles.